The van der Waals surface area contributed by atoms with Crippen molar-refractivity contribution in [3.63, 3.8) is 0 Å². The number of hydrazone groups is 1. The molecular weight excluding hydrogens is 204 g/mol. The second-order valence-corrected chi connectivity index (χ2v) is 3.36. The predicted molar refractivity (Wildman–Crippen MR) is 61.4 cm³/mol. The van der Waals surface area contributed by atoms with Crippen molar-refractivity contribution in [2.24, 2.45) is 5.10 Å². The van der Waals surface area contributed by atoms with Gasteiger partial charge in [-0.25, -0.2) is 15.4 Å². The van der Waals surface area contributed by atoms with Gasteiger partial charge in [-0.2, -0.15) is 5.10 Å². The van der Waals surface area contributed by atoms with Crippen molar-refractivity contribution in [2.75, 3.05) is 5.43 Å². The van der Waals surface area contributed by atoms with Crippen molar-refractivity contribution in [2.45, 2.75) is 13.8 Å². The molecule has 0 bridgehead atoms. The van der Waals surface area contributed by atoms with Gasteiger partial charge < -0.3 is 4.42 Å². The number of nitrogens with one attached hydrogen (secondary N) is 1. The minimum atomic E-state index is 0.486. The van der Waals surface area contributed by atoms with E-state index < -0.39 is 0 Å². The Morgan fingerprint density at radius 1 is 1.31 bits per heavy atom. The van der Waals surface area contributed by atoms with Gasteiger partial charge in [0.2, 0.25) is 5.95 Å². The van der Waals surface area contributed by atoms with E-state index in [0.717, 1.165) is 11.4 Å². The maximum absolute atomic E-state index is 5.09. The van der Waals surface area contributed by atoms with E-state index in [1.165, 1.54) is 0 Å². The van der Waals surface area contributed by atoms with Crippen molar-refractivity contribution in [3.05, 3.63) is 41.6 Å². The number of furan rings is 1. The van der Waals surface area contributed by atoms with Gasteiger partial charge in [0.1, 0.15) is 5.76 Å². The maximum Gasteiger partial charge on any atom is 0.243 e. The Morgan fingerprint density at radius 3 is 2.69 bits per heavy atom. The fourth-order valence-corrected chi connectivity index (χ4v) is 1.29. The number of aryl methyl sites for hydroxylation is 2. The van der Waals surface area contributed by atoms with Gasteiger partial charge in [-0.05, 0) is 32.0 Å². The van der Waals surface area contributed by atoms with Crippen molar-refractivity contribution in [3.8, 4) is 0 Å². The molecule has 2 rings (SSSR count). The molecule has 5 heteroatoms. The van der Waals surface area contributed by atoms with E-state index in [1.54, 1.807) is 18.5 Å². The molecule has 0 spiro atoms. The molecule has 0 atom stereocenters. The summed E-state index contributed by atoms with van der Waals surface area (Å²) >= 11 is 0. The molecule has 0 aliphatic rings. The van der Waals surface area contributed by atoms with Crippen LogP contribution in [0.2, 0.25) is 0 Å². The first-order valence-corrected chi connectivity index (χ1v) is 4.89. The van der Waals surface area contributed by atoms with Gasteiger partial charge in [0.25, 0.3) is 0 Å². The van der Waals surface area contributed by atoms with Crippen LogP contribution in [0.5, 0.6) is 0 Å². The number of anilines is 1. The minimum absolute atomic E-state index is 0.486. The maximum atomic E-state index is 5.09. The van der Waals surface area contributed by atoms with Gasteiger partial charge in [-0.1, -0.05) is 0 Å². The molecule has 0 amide bonds. The molecule has 2 heterocycles. The average molecular weight is 216 g/mol. The average Bonchev–Trinajstić information content (AvgIpc) is 2.69. The molecule has 2 aromatic heterocycles. The Balaban J connectivity index is 2.04. The van der Waals surface area contributed by atoms with Crippen molar-refractivity contribution in [1.29, 1.82) is 0 Å². The molecule has 2 aromatic rings. The molecule has 0 fully saturated rings. The Bertz CT molecular complexity index is 470. The molecule has 0 saturated heterocycles. The summed E-state index contributed by atoms with van der Waals surface area (Å²) in [5.41, 5.74) is 4.56. The molecule has 0 radical (unpaired) electrons. The summed E-state index contributed by atoms with van der Waals surface area (Å²) < 4.78 is 5.09. The molecule has 16 heavy (non-hydrogen) atoms. The second kappa shape index (κ2) is 4.57. The lowest BCUT2D eigenvalue weighted by Crippen LogP contribution is -1.99. The highest BCUT2D eigenvalue weighted by Crippen LogP contribution is 2.03. The normalized spacial score (nSPS) is 10.9. The molecule has 0 unspecified atom stereocenters. The summed E-state index contributed by atoms with van der Waals surface area (Å²) in [7, 11) is 0. The van der Waals surface area contributed by atoms with Gasteiger partial charge in [0.05, 0.1) is 12.5 Å². The van der Waals surface area contributed by atoms with Crippen LogP contribution in [0.15, 0.2) is 34.0 Å². The summed E-state index contributed by atoms with van der Waals surface area (Å²) in [5, 5.41) is 3.97. The van der Waals surface area contributed by atoms with Crippen molar-refractivity contribution < 1.29 is 4.42 Å². The third-order valence-electron chi connectivity index (χ3n) is 1.88. The highest BCUT2D eigenvalue weighted by molar-refractivity contribution is 5.76. The standard InChI is InChI=1S/C11H12N4O/c1-8-6-9(2)14-11(13-8)15-12-7-10-4-3-5-16-10/h3-7H,1-2H3,(H,13,14,15). The summed E-state index contributed by atoms with van der Waals surface area (Å²) in [4.78, 5) is 8.37. The van der Waals surface area contributed by atoms with Crippen LogP contribution in [-0.2, 0) is 0 Å². The summed E-state index contributed by atoms with van der Waals surface area (Å²) in [6.45, 7) is 3.83. The number of hydrogen-bond donors (Lipinski definition) is 1. The third kappa shape index (κ3) is 2.66. The van der Waals surface area contributed by atoms with E-state index in [2.05, 4.69) is 20.5 Å². The van der Waals surface area contributed by atoms with Gasteiger partial charge in [0.15, 0.2) is 0 Å². The van der Waals surface area contributed by atoms with Crippen LogP contribution in [0.4, 0.5) is 5.95 Å². The lowest BCUT2D eigenvalue weighted by Gasteiger charge is -2.00. The van der Waals surface area contributed by atoms with Crippen LogP contribution >= 0.6 is 0 Å². The lowest BCUT2D eigenvalue weighted by molar-refractivity contribution is 0.560. The fraction of sp³-hybridized carbons (Fsp3) is 0.182. The Hall–Kier alpha value is -2.17. The smallest absolute Gasteiger partial charge is 0.243 e. The fourth-order valence-electron chi connectivity index (χ4n) is 1.29. The quantitative estimate of drug-likeness (QED) is 0.630. The topological polar surface area (TPSA) is 63.3 Å². The van der Waals surface area contributed by atoms with E-state index in [9.17, 15) is 0 Å². The van der Waals surface area contributed by atoms with Crippen LogP contribution in [0.1, 0.15) is 17.1 Å². The van der Waals surface area contributed by atoms with Gasteiger partial charge in [-0.3, -0.25) is 0 Å². The highest BCUT2D eigenvalue weighted by Gasteiger charge is 1.96. The van der Waals surface area contributed by atoms with Crippen LogP contribution < -0.4 is 5.43 Å². The minimum Gasteiger partial charge on any atom is -0.463 e. The lowest BCUT2D eigenvalue weighted by atomic mass is 10.4. The highest BCUT2D eigenvalue weighted by atomic mass is 16.3. The Morgan fingerprint density at radius 2 is 2.06 bits per heavy atom. The SMILES string of the molecule is Cc1cc(C)nc(NN=Cc2ccco2)n1. The Kier molecular flexibility index (Phi) is 2.95. The first kappa shape index (κ1) is 10.4. The Labute approximate surface area is 93.2 Å². The zero-order valence-corrected chi connectivity index (χ0v) is 9.14. The van der Waals surface area contributed by atoms with Crippen LogP contribution in [-0.4, -0.2) is 16.2 Å². The van der Waals surface area contributed by atoms with Crippen LogP contribution in [0, 0.1) is 13.8 Å². The van der Waals surface area contributed by atoms with E-state index in [-0.39, 0.29) is 0 Å². The van der Waals surface area contributed by atoms with Gasteiger partial charge in [-0.15, -0.1) is 0 Å². The zero-order valence-electron chi connectivity index (χ0n) is 9.14. The van der Waals surface area contributed by atoms with Crippen molar-refractivity contribution >= 4 is 12.2 Å². The summed E-state index contributed by atoms with van der Waals surface area (Å²) in [5.74, 6) is 1.16. The van der Waals surface area contributed by atoms with Gasteiger partial charge in [0, 0.05) is 11.4 Å². The van der Waals surface area contributed by atoms with Gasteiger partial charge >= 0.3 is 0 Å². The van der Waals surface area contributed by atoms with Crippen LogP contribution in [0.25, 0.3) is 0 Å². The molecule has 82 valence electrons. The van der Waals surface area contributed by atoms with E-state index >= 15 is 0 Å². The van der Waals surface area contributed by atoms with E-state index in [0.29, 0.717) is 11.7 Å². The molecule has 0 aliphatic carbocycles. The zero-order chi connectivity index (χ0) is 11.4. The molecule has 1 N–H and O–H groups in total. The first-order chi connectivity index (χ1) is 7.74. The number of nitrogens with zero attached hydrogens (tertiary/aromatic N) is 3. The predicted octanol–water partition coefficient (Wildman–Crippen LogP) is 2.13. The second-order valence-electron chi connectivity index (χ2n) is 3.36. The van der Waals surface area contributed by atoms with Crippen LogP contribution in [0.3, 0.4) is 0 Å². The first-order valence-electron chi connectivity index (χ1n) is 4.89. The number of rotatable bonds is 3. The third-order valence-corrected chi connectivity index (χ3v) is 1.88. The molecule has 5 nitrogen and oxygen atoms in total. The number of hydrogen-bond acceptors (Lipinski definition) is 5. The van der Waals surface area contributed by atoms with Crippen molar-refractivity contribution in [1.82, 2.24) is 9.97 Å². The monoisotopic (exact) mass is 216 g/mol. The molecular formula is C11H12N4O. The molecule has 0 saturated carbocycles. The molecule has 0 aromatic carbocycles. The summed E-state index contributed by atoms with van der Waals surface area (Å²) in [6, 6.07) is 5.52. The summed E-state index contributed by atoms with van der Waals surface area (Å²) in [6.07, 6.45) is 3.16. The van der Waals surface area contributed by atoms with E-state index in [4.69, 9.17) is 4.42 Å². The van der Waals surface area contributed by atoms with E-state index in [1.807, 2.05) is 26.0 Å². The molecule has 0 aliphatic heterocycles. The number of aromatic nitrogens is 2. The largest absolute Gasteiger partial charge is 0.463 e.